The molecule has 1 aliphatic heterocycles. The molecule has 9 heteroatoms. The van der Waals surface area contributed by atoms with Crippen LogP contribution in [0.2, 0.25) is 10.0 Å². The van der Waals surface area contributed by atoms with E-state index >= 15 is 0 Å². The summed E-state index contributed by atoms with van der Waals surface area (Å²) in [7, 11) is 0. The van der Waals surface area contributed by atoms with Crippen LogP contribution in [-0.2, 0) is 11.2 Å². The van der Waals surface area contributed by atoms with Crippen LogP contribution in [0.1, 0.15) is 30.3 Å². The number of aliphatic imine (C=N–C) groups is 1. The van der Waals surface area contributed by atoms with Gasteiger partial charge in [0.2, 0.25) is 0 Å². The highest BCUT2D eigenvalue weighted by molar-refractivity contribution is 14.0. The molecule has 1 aromatic heterocycles. The van der Waals surface area contributed by atoms with Gasteiger partial charge in [0.05, 0.1) is 25.0 Å². The number of furan rings is 1. The Morgan fingerprint density at radius 2 is 2.03 bits per heavy atom. The minimum Gasteiger partial charge on any atom is -0.469 e. The van der Waals surface area contributed by atoms with Crippen LogP contribution < -0.4 is 10.6 Å². The Hall–Kier alpha value is -1.000. The Balaban J connectivity index is 0.00000300. The van der Waals surface area contributed by atoms with Crippen LogP contribution in [0.15, 0.2) is 46.0 Å². The number of nitrogens with one attached hydrogen (secondary N) is 2. The van der Waals surface area contributed by atoms with Crippen molar-refractivity contribution >= 4 is 53.1 Å². The Kier molecular flexibility index (Phi) is 10.6. The normalized spacial score (nSPS) is 17.6. The van der Waals surface area contributed by atoms with Crippen molar-refractivity contribution in [2.45, 2.75) is 31.5 Å². The van der Waals surface area contributed by atoms with E-state index in [9.17, 15) is 5.11 Å². The summed E-state index contributed by atoms with van der Waals surface area (Å²) in [6, 6.07) is 8.82. The molecule has 29 heavy (non-hydrogen) atoms. The fraction of sp³-hybridized carbons (Fsp3) is 0.450. The quantitative estimate of drug-likeness (QED) is 0.259. The van der Waals surface area contributed by atoms with E-state index in [1.165, 1.54) is 0 Å². The topological polar surface area (TPSA) is 79.0 Å². The van der Waals surface area contributed by atoms with Gasteiger partial charge in [-0.2, -0.15) is 0 Å². The molecule has 0 aliphatic carbocycles. The molecular formula is C20H26Cl2IN3O3. The molecule has 0 saturated carbocycles. The predicted octanol–water partition coefficient (Wildman–Crippen LogP) is 4.19. The molecule has 2 aromatic rings. The van der Waals surface area contributed by atoms with Crippen LogP contribution in [0.5, 0.6) is 0 Å². The summed E-state index contributed by atoms with van der Waals surface area (Å²) >= 11 is 12.0. The standard InChI is InChI=1S/C20H25Cl2N3O3.HI/c21-15-9-14(10-16(22)11-15)19(26)13-25-20(24-12-18-4-2-8-28-18)23-6-5-17-3-1-7-27-17;/h1,3,7,9-11,18-19,26H,2,4-6,8,12-13H2,(H2,23,24,25);1H. The first-order chi connectivity index (χ1) is 13.6. The molecule has 6 nitrogen and oxygen atoms in total. The lowest BCUT2D eigenvalue weighted by Gasteiger charge is -2.16. The average Bonchev–Trinajstić information content (AvgIpc) is 3.36. The highest BCUT2D eigenvalue weighted by Crippen LogP contribution is 2.23. The van der Waals surface area contributed by atoms with Crippen molar-refractivity contribution in [3.8, 4) is 0 Å². The molecule has 3 N–H and O–H groups in total. The monoisotopic (exact) mass is 553 g/mol. The summed E-state index contributed by atoms with van der Waals surface area (Å²) < 4.78 is 11.0. The van der Waals surface area contributed by atoms with Gasteiger partial charge in [0, 0.05) is 36.2 Å². The fourth-order valence-electron chi connectivity index (χ4n) is 3.00. The van der Waals surface area contributed by atoms with Crippen LogP contribution >= 0.6 is 47.2 Å². The molecule has 3 rings (SSSR count). The highest BCUT2D eigenvalue weighted by Gasteiger charge is 2.16. The molecule has 0 bridgehead atoms. The number of aliphatic hydroxyl groups excluding tert-OH is 1. The van der Waals surface area contributed by atoms with Crippen molar-refractivity contribution < 1.29 is 14.3 Å². The maximum atomic E-state index is 10.5. The second-order valence-electron chi connectivity index (χ2n) is 6.68. The number of halogens is 3. The molecule has 2 unspecified atom stereocenters. The van der Waals surface area contributed by atoms with Crippen LogP contribution in [0.3, 0.4) is 0 Å². The van der Waals surface area contributed by atoms with Crippen molar-refractivity contribution in [2.75, 3.05) is 26.2 Å². The molecule has 2 heterocycles. The fourth-order valence-corrected chi connectivity index (χ4v) is 3.54. The summed E-state index contributed by atoms with van der Waals surface area (Å²) in [5.41, 5.74) is 0.635. The van der Waals surface area contributed by atoms with Gasteiger partial charge in [-0.1, -0.05) is 23.2 Å². The third-order valence-electron chi connectivity index (χ3n) is 4.46. The van der Waals surface area contributed by atoms with Gasteiger partial charge in [-0.05, 0) is 48.7 Å². The van der Waals surface area contributed by atoms with Crippen LogP contribution in [0.25, 0.3) is 0 Å². The molecule has 1 fully saturated rings. The van der Waals surface area contributed by atoms with Gasteiger partial charge >= 0.3 is 0 Å². The molecular weight excluding hydrogens is 528 g/mol. The van der Waals surface area contributed by atoms with E-state index in [4.69, 9.17) is 32.4 Å². The number of aliphatic hydroxyl groups is 1. The minimum atomic E-state index is -0.803. The smallest absolute Gasteiger partial charge is 0.191 e. The van der Waals surface area contributed by atoms with Gasteiger partial charge < -0.3 is 24.9 Å². The minimum absolute atomic E-state index is 0. The van der Waals surface area contributed by atoms with E-state index in [-0.39, 0.29) is 36.6 Å². The lowest BCUT2D eigenvalue weighted by atomic mass is 10.1. The first-order valence-electron chi connectivity index (χ1n) is 9.40. The summed E-state index contributed by atoms with van der Waals surface area (Å²) in [4.78, 5) is 4.51. The van der Waals surface area contributed by atoms with E-state index in [0.29, 0.717) is 34.7 Å². The summed E-state index contributed by atoms with van der Waals surface area (Å²) in [6.07, 6.45) is 3.90. The number of nitrogens with zero attached hydrogens (tertiary/aromatic N) is 1. The predicted molar refractivity (Wildman–Crippen MR) is 127 cm³/mol. The first-order valence-corrected chi connectivity index (χ1v) is 10.2. The summed E-state index contributed by atoms with van der Waals surface area (Å²) in [5, 5.41) is 18.0. The number of guanidine groups is 1. The second kappa shape index (κ2) is 12.6. The Bertz CT molecular complexity index is 748. The lowest BCUT2D eigenvalue weighted by Crippen LogP contribution is -2.42. The highest BCUT2D eigenvalue weighted by atomic mass is 127. The van der Waals surface area contributed by atoms with Crippen LogP contribution in [0.4, 0.5) is 0 Å². The number of rotatable bonds is 8. The molecule has 1 aromatic carbocycles. The third kappa shape index (κ3) is 8.33. The molecule has 0 amide bonds. The van der Waals surface area contributed by atoms with Gasteiger partial charge in [-0.3, -0.25) is 4.99 Å². The largest absolute Gasteiger partial charge is 0.469 e. The maximum absolute atomic E-state index is 10.5. The van der Waals surface area contributed by atoms with Gasteiger partial charge in [-0.15, -0.1) is 24.0 Å². The van der Waals surface area contributed by atoms with E-state index in [0.717, 1.165) is 31.6 Å². The van der Waals surface area contributed by atoms with Gasteiger partial charge in [0.15, 0.2) is 5.96 Å². The SMILES string of the molecule is I.OC(CN=C(NCCc1ccco1)NCC1CCCO1)c1cc(Cl)cc(Cl)c1. The van der Waals surface area contributed by atoms with Gasteiger partial charge in [0.1, 0.15) is 5.76 Å². The average molecular weight is 554 g/mol. The molecule has 1 aliphatic rings. The molecule has 0 radical (unpaired) electrons. The number of hydrogen-bond acceptors (Lipinski definition) is 4. The Morgan fingerprint density at radius 1 is 1.24 bits per heavy atom. The first kappa shape index (κ1) is 24.3. The zero-order valence-electron chi connectivity index (χ0n) is 15.9. The zero-order chi connectivity index (χ0) is 19.8. The van der Waals surface area contributed by atoms with Crippen molar-refractivity contribution in [3.63, 3.8) is 0 Å². The lowest BCUT2D eigenvalue weighted by molar-refractivity contribution is 0.113. The Labute approximate surface area is 198 Å². The molecule has 160 valence electrons. The second-order valence-corrected chi connectivity index (χ2v) is 7.55. The zero-order valence-corrected chi connectivity index (χ0v) is 19.8. The summed E-state index contributed by atoms with van der Waals surface area (Å²) in [5.74, 6) is 1.52. The van der Waals surface area contributed by atoms with E-state index < -0.39 is 6.10 Å². The summed E-state index contributed by atoms with van der Waals surface area (Å²) in [6.45, 7) is 2.31. The number of benzene rings is 1. The number of ether oxygens (including phenoxy) is 1. The van der Waals surface area contributed by atoms with E-state index in [1.54, 1.807) is 24.5 Å². The third-order valence-corrected chi connectivity index (χ3v) is 4.89. The maximum Gasteiger partial charge on any atom is 0.191 e. The van der Waals surface area contributed by atoms with Crippen molar-refractivity contribution in [1.29, 1.82) is 0 Å². The number of hydrogen-bond donors (Lipinski definition) is 3. The van der Waals surface area contributed by atoms with Crippen molar-refractivity contribution in [2.24, 2.45) is 4.99 Å². The van der Waals surface area contributed by atoms with Crippen molar-refractivity contribution in [1.82, 2.24) is 10.6 Å². The van der Waals surface area contributed by atoms with Crippen LogP contribution in [-0.4, -0.2) is 43.4 Å². The molecule has 1 saturated heterocycles. The van der Waals surface area contributed by atoms with Gasteiger partial charge in [-0.25, -0.2) is 0 Å². The molecule has 0 spiro atoms. The van der Waals surface area contributed by atoms with Crippen molar-refractivity contribution in [3.05, 3.63) is 58.0 Å². The Morgan fingerprint density at radius 3 is 2.69 bits per heavy atom. The van der Waals surface area contributed by atoms with E-state index in [1.807, 2.05) is 12.1 Å². The molecule has 2 atom stereocenters. The van der Waals surface area contributed by atoms with E-state index in [2.05, 4.69) is 15.6 Å². The van der Waals surface area contributed by atoms with Crippen LogP contribution in [0, 0.1) is 0 Å². The van der Waals surface area contributed by atoms with Gasteiger partial charge in [0.25, 0.3) is 0 Å².